The Balaban J connectivity index is -0.000000171. The van der Waals surface area contributed by atoms with E-state index < -0.39 is 6.79 Å². The topological polar surface area (TPSA) is 69.9 Å². The lowest BCUT2D eigenvalue weighted by Gasteiger charge is -2.37. The number of aliphatic hydroxyl groups excluding tert-OH is 2. The van der Waals surface area contributed by atoms with Crippen molar-refractivity contribution in [3.05, 3.63) is 0 Å². The molecule has 146 valence electrons. The van der Waals surface area contributed by atoms with Crippen LogP contribution in [-0.2, 0) is 4.74 Å². The maximum Gasteiger partial charge on any atom is 0.140 e. The van der Waals surface area contributed by atoms with Gasteiger partial charge in [-0.05, 0) is 25.2 Å². The van der Waals surface area contributed by atoms with Gasteiger partial charge in [0, 0.05) is 13.0 Å². The molecule has 4 nitrogen and oxygen atoms in total. The van der Waals surface area contributed by atoms with Gasteiger partial charge in [-0.2, -0.15) is 0 Å². The monoisotopic (exact) mass is 338 g/mol. The highest BCUT2D eigenvalue weighted by Crippen LogP contribution is 2.33. The molecule has 4 heteroatoms. The molecular weight excluding hydrogens is 292 g/mol. The van der Waals surface area contributed by atoms with Gasteiger partial charge in [-0.25, -0.2) is 0 Å². The number of rotatable bonds is 4. The second-order valence-corrected chi connectivity index (χ2v) is 4.87. The number of methoxy groups -OCH3 is 1. The van der Waals surface area contributed by atoms with E-state index in [9.17, 15) is 5.11 Å². The fourth-order valence-corrected chi connectivity index (χ4v) is 2.59. The van der Waals surface area contributed by atoms with Gasteiger partial charge in [0.2, 0.25) is 0 Å². The van der Waals surface area contributed by atoms with Crippen LogP contribution in [0.4, 0.5) is 0 Å². The van der Waals surface area contributed by atoms with Crippen molar-refractivity contribution in [2.24, 2.45) is 11.8 Å². The van der Waals surface area contributed by atoms with Crippen LogP contribution in [-0.4, -0.2) is 41.4 Å². The predicted molar refractivity (Wildman–Crippen MR) is 102 cm³/mol. The number of unbranched alkanes of at least 4 members (excludes halogenated alkanes) is 1. The molecular formula is C19H46O4. The van der Waals surface area contributed by atoms with Gasteiger partial charge >= 0.3 is 0 Å². The van der Waals surface area contributed by atoms with Crippen molar-refractivity contribution < 1.29 is 20.1 Å². The lowest BCUT2D eigenvalue weighted by atomic mass is 9.76. The van der Waals surface area contributed by atoms with Crippen LogP contribution in [0.5, 0.6) is 0 Å². The summed E-state index contributed by atoms with van der Waals surface area (Å²) >= 11 is 0. The van der Waals surface area contributed by atoms with Crippen LogP contribution < -0.4 is 0 Å². The van der Waals surface area contributed by atoms with E-state index in [0.29, 0.717) is 11.8 Å². The normalized spacial score (nSPS) is 25.0. The SMILES string of the molecule is CC.CC.CC.CCCCC1C(O)CC(C)CC1OC.OCO. The Morgan fingerprint density at radius 1 is 0.957 bits per heavy atom. The molecule has 0 spiro atoms. The van der Waals surface area contributed by atoms with Crippen LogP contribution >= 0.6 is 0 Å². The Hall–Kier alpha value is -0.160. The van der Waals surface area contributed by atoms with Gasteiger partial charge in [-0.15, -0.1) is 0 Å². The zero-order chi connectivity index (χ0) is 19.3. The van der Waals surface area contributed by atoms with Crippen molar-refractivity contribution in [1.29, 1.82) is 0 Å². The van der Waals surface area contributed by atoms with Gasteiger partial charge in [0.05, 0.1) is 12.2 Å². The van der Waals surface area contributed by atoms with E-state index in [0.717, 1.165) is 19.3 Å². The Morgan fingerprint density at radius 3 is 1.74 bits per heavy atom. The summed E-state index contributed by atoms with van der Waals surface area (Å²) in [5.41, 5.74) is 0. The molecule has 0 saturated heterocycles. The van der Waals surface area contributed by atoms with Gasteiger partial charge in [0.1, 0.15) is 6.79 Å². The molecule has 0 aliphatic heterocycles. The summed E-state index contributed by atoms with van der Waals surface area (Å²) < 4.78 is 5.48. The summed E-state index contributed by atoms with van der Waals surface area (Å²) in [6.45, 7) is 15.6. The second-order valence-electron chi connectivity index (χ2n) is 4.87. The highest BCUT2D eigenvalue weighted by Gasteiger charge is 2.34. The van der Waals surface area contributed by atoms with Gasteiger partial charge in [0.25, 0.3) is 0 Å². The Labute approximate surface area is 146 Å². The molecule has 0 aromatic heterocycles. The Morgan fingerprint density at radius 2 is 1.39 bits per heavy atom. The largest absolute Gasteiger partial charge is 0.393 e. The van der Waals surface area contributed by atoms with Crippen molar-refractivity contribution >= 4 is 0 Å². The molecule has 1 saturated carbocycles. The van der Waals surface area contributed by atoms with E-state index in [1.54, 1.807) is 7.11 Å². The zero-order valence-corrected chi connectivity index (χ0v) is 17.3. The van der Waals surface area contributed by atoms with Crippen LogP contribution in [0.15, 0.2) is 0 Å². The highest BCUT2D eigenvalue weighted by atomic mass is 16.5. The Kier molecular flexibility index (Phi) is 35.7. The minimum absolute atomic E-state index is 0.143. The predicted octanol–water partition coefficient (Wildman–Crippen LogP) is 4.61. The minimum Gasteiger partial charge on any atom is -0.393 e. The summed E-state index contributed by atoms with van der Waals surface area (Å²) in [7, 11) is 1.77. The molecule has 4 unspecified atom stereocenters. The van der Waals surface area contributed by atoms with Crippen LogP contribution in [0.2, 0.25) is 0 Å². The van der Waals surface area contributed by atoms with Crippen molar-refractivity contribution in [2.75, 3.05) is 13.9 Å². The lowest BCUT2D eigenvalue weighted by molar-refractivity contribution is -0.0654. The lowest BCUT2D eigenvalue weighted by Crippen LogP contribution is -2.40. The molecule has 0 radical (unpaired) electrons. The summed E-state index contributed by atoms with van der Waals surface area (Å²) in [6.07, 6.45) is 5.72. The van der Waals surface area contributed by atoms with E-state index in [1.807, 2.05) is 41.5 Å². The van der Waals surface area contributed by atoms with Gasteiger partial charge in [0.15, 0.2) is 0 Å². The quantitative estimate of drug-likeness (QED) is 0.655. The fraction of sp³-hybridized carbons (Fsp3) is 1.00. The summed E-state index contributed by atoms with van der Waals surface area (Å²) in [4.78, 5) is 0. The molecule has 1 aliphatic carbocycles. The first kappa shape index (κ1) is 30.7. The summed E-state index contributed by atoms with van der Waals surface area (Å²) in [6, 6.07) is 0. The molecule has 0 aromatic rings. The zero-order valence-electron chi connectivity index (χ0n) is 17.3. The maximum atomic E-state index is 9.99. The van der Waals surface area contributed by atoms with Gasteiger partial charge in [-0.3, -0.25) is 0 Å². The van der Waals surface area contributed by atoms with Crippen molar-refractivity contribution in [2.45, 2.75) is 99.7 Å². The van der Waals surface area contributed by atoms with Crippen LogP contribution in [0.1, 0.15) is 87.5 Å². The van der Waals surface area contributed by atoms with E-state index in [-0.39, 0.29) is 12.2 Å². The number of ether oxygens (including phenoxy) is 1. The Bertz CT molecular complexity index is 177. The van der Waals surface area contributed by atoms with E-state index >= 15 is 0 Å². The van der Waals surface area contributed by atoms with E-state index in [4.69, 9.17) is 14.9 Å². The highest BCUT2D eigenvalue weighted by molar-refractivity contribution is 4.85. The molecule has 1 aliphatic rings. The molecule has 0 amide bonds. The molecule has 23 heavy (non-hydrogen) atoms. The van der Waals surface area contributed by atoms with E-state index in [2.05, 4.69) is 13.8 Å². The fourth-order valence-electron chi connectivity index (χ4n) is 2.59. The minimum atomic E-state index is -0.750. The molecule has 0 heterocycles. The number of aliphatic hydroxyl groups is 3. The maximum absolute atomic E-state index is 9.99. The van der Waals surface area contributed by atoms with Crippen molar-refractivity contribution in [1.82, 2.24) is 0 Å². The van der Waals surface area contributed by atoms with Gasteiger partial charge in [-0.1, -0.05) is 68.2 Å². The third kappa shape index (κ3) is 18.0. The molecule has 1 fully saturated rings. The first-order chi connectivity index (χ1) is 11.1. The standard InChI is InChI=1S/C12H24O2.3C2H6.CH4O2/c1-4-5-6-10-11(13)7-9(2)8-12(10)14-3;3*1-2;2-1-3/h9-13H,4-8H2,1-3H3;3*1-2H3;2-3H,1H2. The van der Waals surface area contributed by atoms with Crippen LogP contribution in [0.25, 0.3) is 0 Å². The van der Waals surface area contributed by atoms with E-state index in [1.165, 1.54) is 12.8 Å². The third-order valence-corrected chi connectivity index (χ3v) is 3.44. The second kappa shape index (κ2) is 26.7. The van der Waals surface area contributed by atoms with Crippen LogP contribution in [0, 0.1) is 11.8 Å². The first-order valence-corrected chi connectivity index (χ1v) is 9.53. The first-order valence-electron chi connectivity index (χ1n) is 9.53. The van der Waals surface area contributed by atoms with Crippen molar-refractivity contribution in [3.63, 3.8) is 0 Å². The average Bonchev–Trinajstić information content (AvgIpc) is 2.59. The number of hydrogen-bond acceptors (Lipinski definition) is 4. The smallest absolute Gasteiger partial charge is 0.140 e. The van der Waals surface area contributed by atoms with Crippen molar-refractivity contribution in [3.8, 4) is 0 Å². The van der Waals surface area contributed by atoms with Crippen LogP contribution in [0.3, 0.4) is 0 Å². The molecule has 0 bridgehead atoms. The molecule has 1 rings (SSSR count). The molecule has 4 atom stereocenters. The van der Waals surface area contributed by atoms with Gasteiger partial charge < -0.3 is 20.1 Å². The molecule has 3 N–H and O–H groups in total. The average molecular weight is 339 g/mol. The summed E-state index contributed by atoms with van der Waals surface area (Å²) in [5.74, 6) is 0.976. The molecule has 0 aromatic carbocycles. The summed E-state index contributed by atoms with van der Waals surface area (Å²) in [5, 5.41) is 24.2. The third-order valence-electron chi connectivity index (χ3n) is 3.44. The number of hydrogen-bond donors (Lipinski definition) is 3.